The molecule has 0 aromatic heterocycles. The Bertz CT molecular complexity index is 1230. The Hall–Kier alpha value is -2.67. The van der Waals surface area contributed by atoms with Crippen LogP contribution in [0.1, 0.15) is 44.7 Å². The summed E-state index contributed by atoms with van der Waals surface area (Å²) in [6.07, 6.45) is 3.80. The molecule has 0 bridgehead atoms. The summed E-state index contributed by atoms with van der Waals surface area (Å²) in [7, 11) is 0. The van der Waals surface area contributed by atoms with Crippen LogP contribution in [0.3, 0.4) is 0 Å². The van der Waals surface area contributed by atoms with Gasteiger partial charge in [-0.3, -0.25) is 9.63 Å². The van der Waals surface area contributed by atoms with Crippen molar-refractivity contribution in [3.63, 3.8) is 0 Å². The zero-order valence-electron chi connectivity index (χ0n) is 19.7. The summed E-state index contributed by atoms with van der Waals surface area (Å²) in [4.78, 5) is 33.6. The largest absolute Gasteiger partial charge is 0.459 e. The van der Waals surface area contributed by atoms with Crippen molar-refractivity contribution >= 4 is 29.0 Å². The molecule has 4 aliphatic rings. The predicted octanol–water partition coefficient (Wildman–Crippen LogP) is 4.81. The molecule has 6 rings (SSSR count). The molecule has 1 unspecified atom stereocenters. The number of nitrogens with zero attached hydrogens (tertiary/aromatic N) is 1. The van der Waals surface area contributed by atoms with Gasteiger partial charge in [-0.2, -0.15) is 0 Å². The maximum absolute atomic E-state index is 13.7. The number of para-hydroxylation sites is 1. The Labute approximate surface area is 209 Å². The van der Waals surface area contributed by atoms with Gasteiger partial charge in [0, 0.05) is 17.4 Å². The summed E-state index contributed by atoms with van der Waals surface area (Å²) in [6, 6.07) is 16.9. The van der Waals surface area contributed by atoms with Crippen LogP contribution in [0.5, 0.6) is 0 Å². The van der Waals surface area contributed by atoms with Crippen LogP contribution in [-0.2, 0) is 19.2 Å². The lowest BCUT2D eigenvalue weighted by molar-refractivity contribution is -0.169. The fourth-order valence-corrected chi connectivity index (χ4v) is 7.08. The minimum atomic E-state index is -1.38. The van der Waals surface area contributed by atoms with Crippen LogP contribution >= 0.6 is 11.6 Å². The lowest BCUT2D eigenvalue weighted by Crippen LogP contribution is -2.57. The van der Waals surface area contributed by atoms with E-state index in [1.165, 1.54) is 6.08 Å². The third-order valence-corrected chi connectivity index (χ3v) is 9.27. The maximum Gasteiger partial charge on any atom is 0.342 e. The van der Waals surface area contributed by atoms with Crippen LogP contribution in [0.15, 0.2) is 66.7 Å². The average Bonchev–Trinajstić information content (AvgIpc) is 3.45. The van der Waals surface area contributed by atoms with Gasteiger partial charge in [0.05, 0.1) is 17.1 Å². The number of carbonyl (C=O) groups is 2. The SMILES string of the molecule is C[C@H]1CC[C@@H]2[C@@H](OC(=O)C23C[C@@H](c2ccccc2Cl)N(c2ccccc2)O3)[C@]2(C)C(=O)C=C[C@@]12O. The van der Waals surface area contributed by atoms with E-state index in [4.69, 9.17) is 21.2 Å². The Kier molecular flexibility index (Phi) is 4.99. The number of ketones is 1. The highest BCUT2D eigenvalue weighted by atomic mass is 35.5. The number of hydrogen-bond acceptors (Lipinski definition) is 6. The van der Waals surface area contributed by atoms with Gasteiger partial charge in [0.2, 0.25) is 5.60 Å². The number of esters is 1. The highest BCUT2D eigenvalue weighted by Gasteiger charge is 2.74. The van der Waals surface area contributed by atoms with Crippen molar-refractivity contribution in [2.45, 2.75) is 56.5 Å². The Morgan fingerprint density at radius 1 is 1.06 bits per heavy atom. The number of anilines is 1. The fraction of sp³-hybridized carbons (Fsp3) is 0.429. The molecule has 3 fully saturated rings. The third kappa shape index (κ3) is 2.90. The number of benzene rings is 2. The van der Waals surface area contributed by atoms with Gasteiger partial charge in [-0.05, 0) is 61.6 Å². The van der Waals surface area contributed by atoms with Crippen LogP contribution in [0.4, 0.5) is 5.69 Å². The number of rotatable bonds is 2. The monoisotopic (exact) mass is 493 g/mol. The number of aliphatic hydroxyl groups is 1. The molecule has 0 amide bonds. The van der Waals surface area contributed by atoms with Gasteiger partial charge in [0.1, 0.15) is 11.7 Å². The molecule has 0 radical (unpaired) electrons. The van der Waals surface area contributed by atoms with Crippen LogP contribution in [0.25, 0.3) is 0 Å². The lowest BCUT2D eigenvalue weighted by atomic mass is 9.63. The topological polar surface area (TPSA) is 76.1 Å². The predicted molar refractivity (Wildman–Crippen MR) is 131 cm³/mol. The second-order valence-corrected chi connectivity index (χ2v) is 10.9. The number of allylic oxidation sites excluding steroid dienone is 1. The normalized spacial score (nSPS) is 40.1. The number of hydrogen-bond donors (Lipinski definition) is 1. The van der Waals surface area contributed by atoms with Gasteiger partial charge in [0.25, 0.3) is 0 Å². The first kappa shape index (κ1) is 22.8. The van der Waals surface area contributed by atoms with Crippen LogP contribution < -0.4 is 5.06 Å². The summed E-state index contributed by atoms with van der Waals surface area (Å²) in [5.41, 5.74) is -2.28. The van der Waals surface area contributed by atoms with E-state index in [9.17, 15) is 14.7 Å². The number of ether oxygens (including phenoxy) is 1. The minimum absolute atomic E-state index is 0.178. The van der Waals surface area contributed by atoms with Crippen molar-refractivity contribution in [2.24, 2.45) is 17.3 Å². The fourth-order valence-electron chi connectivity index (χ4n) is 6.81. The first-order valence-electron chi connectivity index (χ1n) is 12.2. The molecular weight excluding hydrogens is 466 g/mol. The molecule has 2 heterocycles. The molecule has 35 heavy (non-hydrogen) atoms. The van der Waals surface area contributed by atoms with Gasteiger partial charge in [-0.15, -0.1) is 0 Å². The second-order valence-electron chi connectivity index (χ2n) is 10.5. The average molecular weight is 494 g/mol. The molecule has 1 saturated carbocycles. The van der Waals surface area contributed by atoms with E-state index in [1.54, 1.807) is 18.1 Å². The first-order chi connectivity index (χ1) is 16.7. The van der Waals surface area contributed by atoms with Gasteiger partial charge >= 0.3 is 5.97 Å². The minimum Gasteiger partial charge on any atom is -0.459 e. The van der Waals surface area contributed by atoms with E-state index in [-0.39, 0.29) is 17.7 Å². The van der Waals surface area contributed by atoms with Crippen molar-refractivity contribution in [3.8, 4) is 0 Å². The molecule has 2 saturated heterocycles. The van der Waals surface area contributed by atoms with Crippen LogP contribution in [-0.4, -0.2) is 34.2 Å². The van der Waals surface area contributed by atoms with Gasteiger partial charge in [-0.25, -0.2) is 9.86 Å². The van der Waals surface area contributed by atoms with Gasteiger partial charge in [-0.1, -0.05) is 54.9 Å². The molecule has 1 N–H and O–H groups in total. The Balaban J connectivity index is 1.47. The molecule has 7 heteroatoms. The van der Waals surface area contributed by atoms with E-state index in [1.807, 2.05) is 61.5 Å². The number of hydroxylamine groups is 1. The van der Waals surface area contributed by atoms with E-state index >= 15 is 0 Å². The number of halogens is 1. The van der Waals surface area contributed by atoms with E-state index in [0.717, 1.165) is 11.3 Å². The first-order valence-corrected chi connectivity index (χ1v) is 12.5. The molecule has 2 aromatic carbocycles. The lowest BCUT2D eigenvalue weighted by Gasteiger charge is -2.43. The van der Waals surface area contributed by atoms with Crippen LogP contribution in [0.2, 0.25) is 5.02 Å². The summed E-state index contributed by atoms with van der Waals surface area (Å²) < 4.78 is 6.04. The molecule has 6 nitrogen and oxygen atoms in total. The highest BCUT2D eigenvalue weighted by molar-refractivity contribution is 6.31. The molecule has 1 spiro atoms. The van der Waals surface area contributed by atoms with Crippen molar-refractivity contribution in [1.82, 2.24) is 0 Å². The number of carbonyl (C=O) groups excluding carboxylic acids is 2. The molecule has 2 aromatic rings. The van der Waals surface area contributed by atoms with Crippen LogP contribution in [0, 0.1) is 17.3 Å². The zero-order chi connectivity index (χ0) is 24.6. The van der Waals surface area contributed by atoms with E-state index in [2.05, 4.69) is 0 Å². The smallest absolute Gasteiger partial charge is 0.342 e. The maximum atomic E-state index is 13.7. The molecular formula is C28H28ClNO5. The zero-order valence-corrected chi connectivity index (χ0v) is 20.4. The summed E-state index contributed by atoms with van der Waals surface area (Å²) in [5, 5.41) is 14.0. The second kappa shape index (κ2) is 7.66. The molecule has 2 aliphatic carbocycles. The van der Waals surface area contributed by atoms with E-state index < -0.39 is 34.6 Å². The molecule has 182 valence electrons. The summed E-state index contributed by atoms with van der Waals surface area (Å²) >= 11 is 6.62. The molecule has 2 aliphatic heterocycles. The number of fused-ring (bicyclic) bond motifs is 4. The Morgan fingerprint density at radius 2 is 1.77 bits per heavy atom. The quantitative estimate of drug-likeness (QED) is 0.605. The van der Waals surface area contributed by atoms with Crippen molar-refractivity contribution < 1.29 is 24.3 Å². The summed E-state index contributed by atoms with van der Waals surface area (Å²) in [6.45, 7) is 3.69. The Morgan fingerprint density at radius 3 is 2.51 bits per heavy atom. The third-order valence-electron chi connectivity index (χ3n) is 8.92. The van der Waals surface area contributed by atoms with Gasteiger partial charge in [0.15, 0.2) is 5.78 Å². The standard InChI is InChI=1S/C28H28ClNO5/c1-17-12-13-20-24(26(2)23(31)14-15-28(17,26)33)34-25(32)27(20)16-22(19-10-6-7-11-21(19)29)30(35-27)18-8-4-3-5-9-18/h3-11,14-15,17,20,22,24,33H,12-13,16H2,1-2H3/t17-,20+,22-,24+,26-,27?,28+/m0/s1. The summed E-state index contributed by atoms with van der Waals surface area (Å²) in [5.74, 6) is -1.28. The van der Waals surface area contributed by atoms with Crippen molar-refractivity contribution in [1.29, 1.82) is 0 Å². The van der Waals surface area contributed by atoms with Crippen molar-refractivity contribution in [3.05, 3.63) is 77.3 Å². The van der Waals surface area contributed by atoms with Crippen molar-refractivity contribution in [2.75, 3.05) is 5.06 Å². The highest BCUT2D eigenvalue weighted by Crippen LogP contribution is 2.61. The van der Waals surface area contributed by atoms with Gasteiger partial charge < -0.3 is 9.84 Å². The van der Waals surface area contributed by atoms with E-state index in [0.29, 0.717) is 24.3 Å². The molecule has 7 atom stereocenters.